The van der Waals surface area contributed by atoms with Gasteiger partial charge in [0.1, 0.15) is 0 Å². The summed E-state index contributed by atoms with van der Waals surface area (Å²) in [7, 11) is 0.905. The molecule has 1 aliphatic rings. The summed E-state index contributed by atoms with van der Waals surface area (Å²) in [5, 5.41) is 3.90. The van der Waals surface area contributed by atoms with Gasteiger partial charge in [0.25, 0.3) is 0 Å². The molecule has 0 heterocycles. The molecule has 1 N–H and O–H groups in total. The van der Waals surface area contributed by atoms with E-state index in [-0.39, 0.29) is 0 Å². The van der Waals surface area contributed by atoms with Gasteiger partial charge in [-0.1, -0.05) is 20.8 Å². The summed E-state index contributed by atoms with van der Waals surface area (Å²) in [6.07, 6.45) is 3.50. The van der Waals surface area contributed by atoms with Gasteiger partial charge < -0.3 is 10.1 Å². The van der Waals surface area contributed by atoms with Gasteiger partial charge in [-0.15, -0.1) is 0 Å². The predicted molar refractivity (Wildman–Crippen MR) is 78.3 cm³/mol. The van der Waals surface area contributed by atoms with Gasteiger partial charge in [0, 0.05) is 29.7 Å². The molecule has 0 saturated heterocycles. The van der Waals surface area contributed by atoms with Gasteiger partial charge in [0.2, 0.25) is 0 Å². The molecule has 0 aromatic heterocycles. The molecule has 0 aliphatic heterocycles. The molecule has 1 rings (SSSR count). The van der Waals surface area contributed by atoms with Crippen LogP contribution in [0.2, 0.25) is 0 Å². The SMILES string of the molecule is CCCNC1CC(C)CC(C)C1S(=O)CCOC. The van der Waals surface area contributed by atoms with Crippen molar-refractivity contribution >= 4 is 10.8 Å². The highest BCUT2D eigenvalue weighted by atomic mass is 32.2. The highest BCUT2D eigenvalue weighted by Gasteiger charge is 2.37. The first kappa shape index (κ1) is 16.1. The number of ether oxygens (including phenoxy) is 1. The number of rotatable bonds is 7. The third kappa shape index (κ3) is 4.63. The van der Waals surface area contributed by atoms with Crippen molar-refractivity contribution in [1.29, 1.82) is 0 Å². The Labute approximate surface area is 115 Å². The van der Waals surface area contributed by atoms with Crippen LogP contribution in [0.1, 0.15) is 40.0 Å². The Morgan fingerprint density at radius 3 is 2.67 bits per heavy atom. The lowest BCUT2D eigenvalue weighted by Gasteiger charge is -2.39. The first-order valence-electron chi connectivity index (χ1n) is 7.19. The minimum atomic E-state index is -0.772. The van der Waals surface area contributed by atoms with Gasteiger partial charge in [-0.05, 0) is 37.6 Å². The van der Waals surface area contributed by atoms with Crippen LogP contribution < -0.4 is 5.32 Å². The summed E-state index contributed by atoms with van der Waals surface area (Å²) in [5.41, 5.74) is 0. The molecular formula is C14H29NO2S. The number of hydrogen-bond acceptors (Lipinski definition) is 3. The minimum absolute atomic E-state index is 0.294. The van der Waals surface area contributed by atoms with Crippen LogP contribution >= 0.6 is 0 Å². The zero-order valence-corrected chi connectivity index (χ0v) is 13.1. The lowest BCUT2D eigenvalue weighted by Crippen LogP contribution is -2.51. The van der Waals surface area contributed by atoms with E-state index in [9.17, 15) is 4.21 Å². The first-order chi connectivity index (χ1) is 8.60. The molecule has 0 spiro atoms. The Hall–Kier alpha value is 0.0700. The molecule has 0 amide bonds. The molecule has 5 unspecified atom stereocenters. The normalized spacial score (nSPS) is 34.4. The molecule has 3 nitrogen and oxygen atoms in total. The van der Waals surface area contributed by atoms with Crippen molar-refractivity contribution in [3.63, 3.8) is 0 Å². The largest absolute Gasteiger partial charge is 0.384 e. The van der Waals surface area contributed by atoms with Gasteiger partial charge in [-0.25, -0.2) is 0 Å². The summed E-state index contributed by atoms with van der Waals surface area (Å²) >= 11 is 0. The van der Waals surface area contributed by atoms with E-state index in [4.69, 9.17) is 4.74 Å². The minimum Gasteiger partial charge on any atom is -0.384 e. The molecule has 0 aromatic rings. The molecule has 4 heteroatoms. The zero-order valence-electron chi connectivity index (χ0n) is 12.3. The van der Waals surface area contributed by atoms with Gasteiger partial charge in [0.05, 0.1) is 11.9 Å². The van der Waals surface area contributed by atoms with Crippen molar-refractivity contribution in [2.75, 3.05) is 26.0 Å². The monoisotopic (exact) mass is 275 g/mol. The van der Waals surface area contributed by atoms with E-state index >= 15 is 0 Å². The fourth-order valence-electron chi connectivity index (χ4n) is 3.10. The molecule has 0 aromatic carbocycles. The van der Waals surface area contributed by atoms with Crippen molar-refractivity contribution in [2.45, 2.75) is 51.3 Å². The van der Waals surface area contributed by atoms with Crippen molar-refractivity contribution < 1.29 is 8.95 Å². The predicted octanol–water partition coefficient (Wildman–Crippen LogP) is 2.18. The summed E-state index contributed by atoms with van der Waals surface area (Å²) < 4.78 is 17.5. The fourth-order valence-corrected chi connectivity index (χ4v) is 4.91. The maximum atomic E-state index is 12.4. The summed E-state index contributed by atoms with van der Waals surface area (Å²) in [6, 6.07) is 0.418. The average molecular weight is 275 g/mol. The third-order valence-electron chi connectivity index (χ3n) is 3.84. The van der Waals surface area contributed by atoms with Gasteiger partial charge >= 0.3 is 0 Å². The van der Waals surface area contributed by atoms with E-state index in [0.29, 0.717) is 29.6 Å². The van der Waals surface area contributed by atoms with Crippen molar-refractivity contribution in [3.8, 4) is 0 Å². The smallest absolute Gasteiger partial charge is 0.0577 e. The Balaban J connectivity index is 2.64. The molecule has 1 fully saturated rings. The van der Waals surface area contributed by atoms with Crippen LogP contribution in [-0.2, 0) is 15.5 Å². The maximum absolute atomic E-state index is 12.4. The van der Waals surface area contributed by atoms with Crippen LogP contribution in [0.15, 0.2) is 0 Å². The lowest BCUT2D eigenvalue weighted by atomic mass is 9.80. The molecule has 0 bridgehead atoms. The van der Waals surface area contributed by atoms with Crippen molar-refractivity contribution in [1.82, 2.24) is 5.32 Å². The highest BCUT2D eigenvalue weighted by molar-refractivity contribution is 7.85. The number of nitrogens with one attached hydrogen (secondary N) is 1. The first-order valence-corrected chi connectivity index (χ1v) is 8.57. The highest BCUT2D eigenvalue weighted by Crippen LogP contribution is 2.32. The second kappa shape index (κ2) is 8.28. The Morgan fingerprint density at radius 2 is 2.06 bits per heavy atom. The summed E-state index contributed by atoms with van der Waals surface area (Å²) in [6.45, 7) is 8.38. The molecule has 0 radical (unpaired) electrons. The van der Waals surface area contributed by atoms with Crippen LogP contribution in [0.25, 0.3) is 0 Å². The third-order valence-corrected chi connectivity index (χ3v) is 5.81. The maximum Gasteiger partial charge on any atom is 0.0577 e. The van der Waals surface area contributed by atoms with Crippen LogP contribution in [-0.4, -0.2) is 41.5 Å². The van der Waals surface area contributed by atoms with Crippen molar-refractivity contribution in [3.05, 3.63) is 0 Å². The molecule has 108 valence electrons. The molecule has 5 atom stereocenters. The second-order valence-corrected chi connectivity index (χ2v) is 7.37. The topological polar surface area (TPSA) is 38.3 Å². The second-order valence-electron chi connectivity index (χ2n) is 5.66. The van der Waals surface area contributed by atoms with Crippen LogP contribution in [0.5, 0.6) is 0 Å². The quantitative estimate of drug-likeness (QED) is 0.774. The van der Waals surface area contributed by atoms with Gasteiger partial charge in [0.15, 0.2) is 0 Å². The summed E-state index contributed by atoms with van der Waals surface area (Å²) in [4.78, 5) is 0. The van der Waals surface area contributed by atoms with E-state index < -0.39 is 10.8 Å². The number of methoxy groups -OCH3 is 1. The summed E-state index contributed by atoms with van der Waals surface area (Å²) in [5.74, 6) is 1.95. The van der Waals surface area contributed by atoms with Crippen LogP contribution in [0, 0.1) is 11.8 Å². The van der Waals surface area contributed by atoms with E-state index in [0.717, 1.165) is 25.3 Å². The van der Waals surface area contributed by atoms with Gasteiger partial charge in [-0.3, -0.25) is 4.21 Å². The molecule has 18 heavy (non-hydrogen) atoms. The average Bonchev–Trinajstić information content (AvgIpc) is 2.32. The molecule has 1 saturated carbocycles. The number of hydrogen-bond donors (Lipinski definition) is 1. The van der Waals surface area contributed by atoms with Crippen LogP contribution in [0.4, 0.5) is 0 Å². The van der Waals surface area contributed by atoms with Crippen LogP contribution in [0.3, 0.4) is 0 Å². The van der Waals surface area contributed by atoms with E-state index in [1.165, 1.54) is 6.42 Å². The molecule has 1 aliphatic carbocycles. The van der Waals surface area contributed by atoms with E-state index in [1.54, 1.807) is 7.11 Å². The van der Waals surface area contributed by atoms with E-state index in [2.05, 4.69) is 26.1 Å². The van der Waals surface area contributed by atoms with E-state index in [1.807, 2.05) is 0 Å². The Bertz CT molecular complexity index is 260. The van der Waals surface area contributed by atoms with Crippen molar-refractivity contribution in [2.24, 2.45) is 11.8 Å². The standard InChI is InChI=1S/C14H29NO2S/c1-5-6-15-13-10-11(2)9-12(3)14(13)18(16)8-7-17-4/h11-15H,5-10H2,1-4H3. The zero-order chi connectivity index (χ0) is 13.5. The Kier molecular flexibility index (Phi) is 7.42. The van der Waals surface area contributed by atoms with Gasteiger partial charge in [-0.2, -0.15) is 0 Å². The molecular weight excluding hydrogens is 246 g/mol. The fraction of sp³-hybridized carbons (Fsp3) is 1.00. The Morgan fingerprint density at radius 1 is 1.33 bits per heavy atom. The lowest BCUT2D eigenvalue weighted by molar-refractivity contribution is 0.215.